The average Bonchev–Trinajstić information content (AvgIpc) is 2.86. The molecule has 1 aromatic heterocycles. The lowest BCUT2D eigenvalue weighted by atomic mass is 10.1. The van der Waals surface area contributed by atoms with Crippen molar-refractivity contribution < 1.29 is 4.52 Å². The fourth-order valence-corrected chi connectivity index (χ4v) is 2.15. The van der Waals surface area contributed by atoms with Crippen molar-refractivity contribution in [2.75, 3.05) is 6.54 Å². The van der Waals surface area contributed by atoms with Gasteiger partial charge in [-0.2, -0.15) is 4.98 Å². The van der Waals surface area contributed by atoms with Crippen LogP contribution < -0.4 is 5.73 Å². The second kappa shape index (κ2) is 4.73. The number of guanidine groups is 1. The lowest BCUT2D eigenvalue weighted by Gasteiger charge is -2.23. The molecule has 2 rings (SSSR count). The molecule has 0 aliphatic carbocycles. The first-order valence-electron chi connectivity index (χ1n) is 6.01. The standard InChI is InChI=1S/C11H19N5O/c1-7(2)10-14-9(17-15-10)6-8-4-3-5-16(8)11(12)13/h7-8H,3-6H2,1-2H3,(H3,12,13). The first-order valence-corrected chi connectivity index (χ1v) is 6.01. The van der Waals surface area contributed by atoms with Gasteiger partial charge in [0.2, 0.25) is 5.89 Å². The highest BCUT2D eigenvalue weighted by atomic mass is 16.5. The molecule has 2 heterocycles. The van der Waals surface area contributed by atoms with Gasteiger partial charge in [-0.1, -0.05) is 19.0 Å². The van der Waals surface area contributed by atoms with E-state index in [1.807, 2.05) is 18.7 Å². The number of nitrogens with zero attached hydrogens (tertiary/aromatic N) is 3. The summed E-state index contributed by atoms with van der Waals surface area (Å²) in [6, 6.07) is 0.230. The summed E-state index contributed by atoms with van der Waals surface area (Å²) in [5, 5.41) is 11.4. The molecule has 1 aliphatic rings. The smallest absolute Gasteiger partial charge is 0.228 e. The predicted octanol–water partition coefficient (Wildman–Crippen LogP) is 1.09. The van der Waals surface area contributed by atoms with Gasteiger partial charge in [-0.05, 0) is 12.8 Å². The zero-order valence-corrected chi connectivity index (χ0v) is 10.3. The Morgan fingerprint density at radius 2 is 2.41 bits per heavy atom. The summed E-state index contributed by atoms with van der Waals surface area (Å²) in [6.07, 6.45) is 2.77. The second-order valence-corrected chi connectivity index (χ2v) is 4.78. The lowest BCUT2D eigenvalue weighted by molar-refractivity contribution is 0.318. The SMILES string of the molecule is CC(C)c1noc(CC2CCCN2C(=N)N)n1. The van der Waals surface area contributed by atoms with Crippen LogP contribution in [0.1, 0.15) is 44.3 Å². The average molecular weight is 237 g/mol. The number of nitrogens with one attached hydrogen (secondary N) is 1. The van der Waals surface area contributed by atoms with Crippen molar-refractivity contribution in [2.24, 2.45) is 5.73 Å². The molecule has 94 valence electrons. The van der Waals surface area contributed by atoms with Crippen LogP contribution in [0, 0.1) is 5.41 Å². The number of aromatic nitrogens is 2. The van der Waals surface area contributed by atoms with Gasteiger partial charge in [0.25, 0.3) is 0 Å². The Labute approximate surface area is 101 Å². The van der Waals surface area contributed by atoms with Crippen LogP contribution in [0.5, 0.6) is 0 Å². The molecule has 3 N–H and O–H groups in total. The van der Waals surface area contributed by atoms with E-state index in [-0.39, 0.29) is 17.9 Å². The maximum atomic E-state index is 7.50. The van der Waals surface area contributed by atoms with E-state index >= 15 is 0 Å². The van der Waals surface area contributed by atoms with Gasteiger partial charge in [-0.3, -0.25) is 5.41 Å². The highest BCUT2D eigenvalue weighted by molar-refractivity contribution is 5.75. The lowest BCUT2D eigenvalue weighted by Crippen LogP contribution is -2.41. The molecule has 0 radical (unpaired) electrons. The van der Waals surface area contributed by atoms with E-state index in [9.17, 15) is 0 Å². The topological polar surface area (TPSA) is 92.0 Å². The van der Waals surface area contributed by atoms with Gasteiger partial charge in [-0.25, -0.2) is 0 Å². The molecule has 0 aromatic carbocycles. The number of rotatable bonds is 3. The summed E-state index contributed by atoms with van der Waals surface area (Å²) in [7, 11) is 0. The van der Waals surface area contributed by atoms with Gasteiger partial charge in [0, 0.05) is 24.9 Å². The van der Waals surface area contributed by atoms with Crippen molar-refractivity contribution in [1.82, 2.24) is 15.0 Å². The first kappa shape index (κ1) is 11.9. The number of nitrogens with two attached hydrogens (primary N) is 1. The van der Waals surface area contributed by atoms with Crippen LogP contribution in [-0.2, 0) is 6.42 Å². The molecule has 1 unspecified atom stereocenters. The number of likely N-dealkylation sites (tertiary alicyclic amines) is 1. The summed E-state index contributed by atoms with van der Waals surface area (Å²) in [5.74, 6) is 1.80. The molecular weight excluding hydrogens is 218 g/mol. The number of hydrogen-bond donors (Lipinski definition) is 2. The monoisotopic (exact) mass is 237 g/mol. The molecule has 1 aliphatic heterocycles. The normalized spacial score (nSPS) is 20.2. The molecule has 1 aromatic rings. The van der Waals surface area contributed by atoms with Crippen molar-refractivity contribution in [2.45, 2.75) is 45.1 Å². The van der Waals surface area contributed by atoms with Crippen LogP contribution in [0.2, 0.25) is 0 Å². The Morgan fingerprint density at radius 1 is 1.65 bits per heavy atom. The van der Waals surface area contributed by atoms with Crippen molar-refractivity contribution in [3.05, 3.63) is 11.7 Å². The van der Waals surface area contributed by atoms with Crippen molar-refractivity contribution in [3.8, 4) is 0 Å². The van der Waals surface area contributed by atoms with Crippen LogP contribution in [0.25, 0.3) is 0 Å². The zero-order valence-electron chi connectivity index (χ0n) is 10.3. The van der Waals surface area contributed by atoms with Crippen molar-refractivity contribution in [3.63, 3.8) is 0 Å². The Balaban J connectivity index is 2.02. The maximum absolute atomic E-state index is 7.50. The molecule has 6 heteroatoms. The minimum atomic E-state index is 0.135. The third-order valence-corrected chi connectivity index (χ3v) is 3.10. The number of hydrogen-bond acceptors (Lipinski definition) is 4. The maximum Gasteiger partial charge on any atom is 0.228 e. The van der Waals surface area contributed by atoms with E-state index in [1.54, 1.807) is 0 Å². The Kier molecular flexibility index (Phi) is 3.31. The Morgan fingerprint density at radius 3 is 3.00 bits per heavy atom. The highest BCUT2D eigenvalue weighted by Gasteiger charge is 2.27. The van der Waals surface area contributed by atoms with Crippen molar-refractivity contribution >= 4 is 5.96 Å². The van der Waals surface area contributed by atoms with E-state index in [4.69, 9.17) is 15.7 Å². The van der Waals surface area contributed by atoms with Crippen molar-refractivity contribution in [1.29, 1.82) is 5.41 Å². The van der Waals surface area contributed by atoms with E-state index in [0.717, 1.165) is 25.2 Å². The fourth-order valence-electron chi connectivity index (χ4n) is 2.15. The minimum absolute atomic E-state index is 0.135. The predicted molar refractivity (Wildman–Crippen MR) is 63.7 cm³/mol. The van der Waals surface area contributed by atoms with Gasteiger partial charge in [-0.15, -0.1) is 0 Å². The van der Waals surface area contributed by atoms with Gasteiger partial charge in [0.05, 0.1) is 0 Å². The molecular formula is C11H19N5O. The molecule has 0 bridgehead atoms. The van der Waals surface area contributed by atoms with Gasteiger partial charge in [0.1, 0.15) is 0 Å². The summed E-state index contributed by atoms with van der Waals surface area (Å²) in [4.78, 5) is 6.25. The largest absolute Gasteiger partial charge is 0.370 e. The van der Waals surface area contributed by atoms with E-state index in [1.165, 1.54) is 0 Å². The summed E-state index contributed by atoms with van der Waals surface area (Å²) >= 11 is 0. The van der Waals surface area contributed by atoms with Crippen LogP contribution >= 0.6 is 0 Å². The Hall–Kier alpha value is -1.59. The third kappa shape index (κ3) is 2.57. The van der Waals surface area contributed by atoms with Gasteiger partial charge < -0.3 is 15.2 Å². The second-order valence-electron chi connectivity index (χ2n) is 4.78. The molecule has 6 nitrogen and oxygen atoms in total. The molecule has 1 saturated heterocycles. The first-order chi connectivity index (χ1) is 8.08. The van der Waals surface area contributed by atoms with Crippen LogP contribution in [0.4, 0.5) is 0 Å². The zero-order chi connectivity index (χ0) is 12.4. The molecule has 0 spiro atoms. The third-order valence-electron chi connectivity index (χ3n) is 3.10. The van der Waals surface area contributed by atoms with Gasteiger partial charge in [0.15, 0.2) is 11.8 Å². The van der Waals surface area contributed by atoms with Gasteiger partial charge >= 0.3 is 0 Å². The highest BCUT2D eigenvalue weighted by Crippen LogP contribution is 2.20. The Bertz CT molecular complexity index is 400. The molecule has 17 heavy (non-hydrogen) atoms. The summed E-state index contributed by atoms with van der Waals surface area (Å²) in [5.41, 5.74) is 5.54. The summed E-state index contributed by atoms with van der Waals surface area (Å²) in [6.45, 7) is 4.92. The van der Waals surface area contributed by atoms with E-state index in [0.29, 0.717) is 12.3 Å². The van der Waals surface area contributed by atoms with E-state index < -0.39 is 0 Å². The quantitative estimate of drug-likeness (QED) is 0.606. The van der Waals surface area contributed by atoms with Crippen LogP contribution in [-0.4, -0.2) is 33.6 Å². The molecule has 0 amide bonds. The molecule has 1 fully saturated rings. The fraction of sp³-hybridized carbons (Fsp3) is 0.727. The van der Waals surface area contributed by atoms with Crippen LogP contribution in [0.3, 0.4) is 0 Å². The van der Waals surface area contributed by atoms with E-state index in [2.05, 4.69) is 10.1 Å². The summed E-state index contributed by atoms with van der Waals surface area (Å²) < 4.78 is 5.22. The molecule has 1 atom stereocenters. The minimum Gasteiger partial charge on any atom is -0.370 e. The molecule has 0 saturated carbocycles. The van der Waals surface area contributed by atoms with Crippen LogP contribution in [0.15, 0.2) is 4.52 Å².